The Morgan fingerprint density at radius 2 is 1.29 bits per heavy atom. The average Bonchev–Trinajstić information content (AvgIpc) is 2.16. The van der Waals surface area contributed by atoms with Crippen molar-refractivity contribution >= 4 is 23.8 Å². The number of carboxylic acid groups (broad SMARTS) is 2. The van der Waals surface area contributed by atoms with Gasteiger partial charge in [-0.1, -0.05) is 0 Å². The van der Waals surface area contributed by atoms with Crippen LogP contribution in [0.5, 0.6) is 0 Å². The summed E-state index contributed by atoms with van der Waals surface area (Å²) in [4.78, 5) is 41.3. The molecular formula is C9H16N2O6. The van der Waals surface area contributed by atoms with Crippen LogP contribution >= 0.6 is 0 Å². The summed E-state index contributed by atoms with van der Waals surface area (Å²) in [5.41, 5.74) is 0. The van der Waals surface area contributed by atoms with Gasteiger partial charge in [-0.25, -0.2) is 0 Å². The van der Waals surface area contributed by atoms with Crippen LogP contribution in [0, 0.1) is 0 Å². The van der Waals surface area contributed by atoms with Crippen molar-refractivity contribution in [2.45, 2.75) is 13.8 Å². The number of amides is 2. The highest BCUT2D eigenvalue weighted by atomic mass is 16.4. The Hall–Kier alpha value is -2.12. The lowest BCUT2D eigenvalue weighted by atomic mass is 10.4. The van der Waals surface area contributed by atoms with Gasteiger partial charge in [0.2, 0.25) is 11.8 Å². The largest absolute Gasteiger partial charge is 0.480 e. The van der Waals surface area contributed by atoms with Crippen LogP contribution in [0.1, 0.15) is 13.8 Å². The molecule has 0 fully saturated rings. The van der Waals surface area contributed by atoms with Crippen LogP contribution < -0.4 is 5.32 Å². The molecule has 8 heteroatoms. The van der Waals surface area contributed by atoms with E-state index in [2.05, 4.69) is 5.32 Å². The minimum absolute atomic E-state index is 0.00463. The van der Waals surface area contributed by atoms with E-state index in [0.29, 0.717) is 0 Å². The standard InChI is InChI=1S/C6H9NO5.C3H7NO/c1-4(8)7(2-5(9)10)3-6(11)12;1-3(5)4-2/h2-3H2,1H3,(H,9,10)(H,11,12);1-2H3,(H,4,5). The van der Waals surface area contributed by atoms with Gasteiger partial charge in [0.15, 0.2) is 0 Å². The molecule has 0 saturated carbocycles. The van der Waals surface area contributed by atoms with Crippen molar-refractivity contribution < 1.29 is 29.4 Å². The summed E-state index contributed by atoms with van der Waals surface area (Å²) in [6, 6.07) is 0. The van der Waals surface area contributed by atoms with Crippen LogP contribution in [-0.2, 0) is 19.2 Å². The van der Waals surface area contributed by atoms with Crippen LogP contribution in [0.15, 0.2) is 0 Å². The maximum Gasteiger partial charge on any atom is 0.323 e. The van der Waals surface area contributed by atoms with Crippen molar-refractivity contribution in [3.05, 3.63) is 0 Å². The minimum Gasteiger partial charge on any atom is -0.480 e. The molecule has 0 aromatic rings. The first kappa shape index (κ1) is 17.3. The number of hydrogen-bond donors (Lipinski definition) is 3. The molecule has 98 valence electrons. The van der Waals surface area contributed by atoms with E-state index in [0.717, 1.165) is 11.8 Å². The van der Waals surface area contributed by atoms with Gasteiger partial charge in [0.05, 0.1) is 0 Å². The van der Waals surface area contributed by atoms with E-state index < -0.39 is 30.9 Å². The van der Waals surface area contributed by atoms with Gasteiger partial charge in [-0.2, -0.15) is 0 Å². The van der Waals surface area contributed by atoms with Crippen LogP contribution in [0.3, 0.4) is 0 Å². The van der Waals surface area contributed by atoms with E-state index in [1.807, 2.05) is 0 Å². The van der Waals surface area contributed by atoms with Crippen molar-refractivity contribution in [3.63, 3.8) is 0 Å². The van der Waals surface area contributed by atoms with Crippen LogP contribution in [0.25, 0.3) is 0 Å². The summed E-state index contributed by atoms with van der Waals surface area (Å²) in [6.45, 7) is 1.43. The molecule has 0 aliphatic rings. The van der Waals surface area contributed by atoms with E-state index >= 15 is 0 Å². The molecule has 8 nitrogen and oxygen atoms in total. The zero-order valence-corrected chi connectivity index (χ0v) is 9.89. The first-order valence-electron chi connectivity index (χ1n) is 4.58. The number of nitrogens with one attached hydrogen (secondary N) is 1. The lowest BCUT2D eigenvalue weighted by Gasteiger charge is -2.15. The molecule has 17 heavy (non-hydrogen) atoms. The molecular weight excluding hydrogens is 232 g/mol. The smallest absolute Gasteiger partial charge is 0.323 e. The Kier molecular flexibility index (Phi) is 9.28. The molecule has 0 aliphatic heterocycles. The number of rotatable bonds is 4. The number of nitrogens with zero attached hydrogens (tertiary/aromatic N) is 1. The fraction of sp³-hybridized carbons (Fsp3) is 0.556. The Balaban J connectivity index is 0. The highest BCUT2D eigenvalue weighted by Gasteiger charge is 2.15. The lowest BCUT2D eigenvalue weighted by molar-refractivity contribution is -0.148. The summed E-state index contributed by atoms with van der Waals surface area (Å²) in [5.74, 6) is -3.03. The fourth-order valence-electron chi connectivity index (χ4n) is 0.605. The van der Waals surface area contributed by atoms with Gasteiger partial charge in [0, 0.05) is 20.9 Å². The van der Waals surface area contributed by atoms with Crippen molar-refractivity contribution in [2.24, 2.45) is 0 Å². The van der Waals surface area contributed by atoms with Crippen molar-refractivity contribution in [3.8, 4) is 0 Å². The van der Waals surface area contributed by atoms with E-state index in [1.165, 1.54) is 6.92 Å². The zero-order chi connectivity index (χ0) is 14.0. The fourth-order valence-corrected chi connectivity index (χ4v) is 0.605. The third-order valence-corrected chi connectivity index (χ3v) is 1.45. The second-order valence-corrected chi connectivity index (χ2v) is 2.97. The number of hydrogen-bond acceptors (Lipinski definition) is 4. The summed E-state index contributed by atoms with van der Waals surface area (Å²) >= 11 is 0. The number of carbonyl (C=O) groups is 4. The number of carbonyl (C=O) groups excluding carboxylic acids is 2. The quantitative estimate of drug-likeness (QED) is 0.571. The van der Waals surface area contributed by atoms with E-state index in [4.69, 9.17) is 10.2 Å². The molecule has 0 saturated heterocycles. The second kappa shape index (κ2) is 9.13. The first-order chi connectivity index (χ1) is 7.70. The Labute approximate surface area is 98.2 Å². The van der Waals surface area contributed by atoms with Crippen molar-refractivity contribution in [2.75, 3.05) is 20.1 Å². The Bertz CT molecular complexity index is 286. The highest BCUT2D eigenvalue weighted by molar-refractivity contribution is 5.83. The zero-order valence-electron chi connectivity index (χ0n) is 9.89. The normalized spacial score (nSPS) is 8.41. The van der Waals surface area contributed by atoms with Crippen molar-refractivity contribution in [1.29, 1.82) is 0 Å². The Morgan fingerprint density at radius 1 is 1.00 bits per heavy atom. The molecule has 0 rings (SSSR count). The van der Waals surface area contributed by atoms with Gasteiger partial charge in [-0.05, 0) is 0 Å². The first-order valence-corrected chi connectivity index (χ1v) is 4.58. The molecule has 0 radical (unpaired) electrons. The number of aliphatic carboxylic acids is 2. The average molecular weight is 248 g/mol. The maximum absolute atomic E-state index is 10.6. The molecule has 0 aliphatic carbocycles. The second-order valence-electron chi connectivity index (χ2n) is 2.97. The third-order valence-electron chi connectivity index (χ3n) is 1.45. The van der Waals surface area contributed by atoms with Gasteiger partial charge in [-0.15, -0.1) is 0 Å². The lowest BCUT2D eigenvalue weighted by Crippen LogP contribution is -2.37. The summed E-state index contributed by atoms with van der Waals surface area (Å²) in [5, 5.41) is 18.9. The molecule has 0 bridgehead atoms. The predicted molar refractivity (Wildman–Crippen MR) is 57.3 cm³/mol. The highest BCUT2D eigenvalue weighted by Crippen LogP contribution is 1.88. The molecule has 3 N–H and O–H groups in total. The Morgan fingerprint density at radius 3 is 1.41 bits per heavy atom. The summed E-state index contributed by atoms with van der Waals surface area (Å²) < 4.78 is 0. The molecule has 0 unspecified atom stereocenters. The predicted octanol–water partition coefficient (Wildman–Crippen LogP) is -1.24. The van der Waals surface area contributed by atoms with Crippen molar-refractivity contribution in [1.82, 2.24) is 10.2 Å². The maximum atomic E-state index is 10.6. The number of carboxylic acids is 2. The SMILES string of the molecule is CC(=O)N(CC(=O)O)CC(=O)O.CNC(C)=O. The summed E-state index contributed by atoms with van der Waals surface area (Å²) in [7, 11) is 1.60. The van der Waals surface area contributed by atoms with Crippen LogP contribution in [0.2, 0.25) is 0 Å². The monoisotopic (exact) mass is 248 g/mol. The molecule has 0 atom stereocenters. The van der Waals surface area contributed by atoms with Gasteiger partial charge in [0.1, 0.15) is 13.1 Å². The molecule has 2 amide bonds. The summed E-state index contributed by atoms with van der Waals surface area (Å²) in [6.07, 6.45) is 0. The molecule has 0 spiro atoms. The van der Waals surface area contributed by atoms with Crippen LogP contribution in [0.4, 0.5) is 0 Å². The van der Waals surface area contributed by atoms with Gasteiger partial charge in [-0.3, -0.25) is 19.2 Å². The van der Waals surface area contributed by atoms with Crippen LogP contribution in [-0.4, -0.2) is 59.0 Å². The van der Waals surface area contributed by atoms with Gasteiger partial charge < -0.3 is 20.4 Å². The molecule has 0 aromatic carbocycles. The third kappa shape index (κ3) is 13.9. The molecule has 0 aromatic heterocycles. The van der Waals surface area contributed by atoms with Gasteiger partial charge in [0.25, 0.3) is 0 Å². The van der Waals surface area contributed by atoms with Gasteiger partial charge >= 0.3 is 11.9 Å². The van der Waals surface area contributed by atoms with E-state index in [1.54, 1.807) is 7.05 Å². The van der Waals surface area contributed by atoms with E-state index in [-0.39, 0.29) is 5.91 Å². The topological polar surface area (TPSA) is 124 Å². The minimum atomic E-state index is -1.23. The van der Waals surface area contributed by atoms with E-state index in [9.17, 15) is 19.2 Å². The molecule has 0 heterocycles.